The second kappa shape index (κ2) is 9.20. The Morgan fingerprint density at radius 1 is 1.00 bits per heavy atom. The molecule has 2 aromatic rings. The number of amides is 2. The number of nitriles is 1. The number of anilines is 2. The summed E-state index contributed by atoms with van der Waals surface area (Å²) in [5.74, 6) is -0.471. The van der Waals surface area contributed by atoms with Crippen LogP contribution in [0.3, 0.4) is 0 Å². The lowest BCUT2D eigenvalue weighted by molar-refractivity contribution is -0.862. The van der Waals surface area contributed by atoms with Crippen LogP contribution < -0.4 is 15.5 Å². The molecule has 1 atom stereocenters. The molecule has 134 valence electrons. The number of likely N-dealkylation sites (N-methyl/N-ethyl adjacent to an activating group) is 1. The molecule has 0 saturated heterocycles. The van der Waals surface area contributed by atoms with Crippen LogP contribution in [-0.2, 0) is 9.59 Å². The molecular formula is C18H17Cl2N4O2+. The number of hydrogen-bond donors (Lipinski definition) is 3. The van der Waals surface area contributed by atoms with Gasteiger partial charge in [0.2, 0.25) is 0 Å². The van der Waals surface area contributed by atoms with Crippen molar-refractivity contribution in [3.63, 3.8) is 0 Å². The highest BCUT2D eigenvalue weighted by Crippen LogP contribution is 2.19. The topological polar surface area (TPSA) is 86.4 Å². The molecule has 0 bridgehead atoms. The van der Waals surface area contributed by atoms with Gasteiger partial charge >= 0.3 is 0 Å². The average Bonchev–Trinajstić information content (AvgIpc) is 2.56. The Labute approximate surface area is 161 Å². The molecule has 0 spiro atoms. The van der Waals surface area contributed by atoms with Gasteiger partial charge in [-0.05, 0) is 42.5 Å². The summed E-state index contributed by atoms with van der Waals surface area (Å²) in [7, 11) is 1.74. The van der Waals surface area contributed by atoms with Crippen molar-refractivity contribution >= 4 is 46.4 Å². The van der Waals surface area contributed by atoms with Crippen LogP contribution >= 0.6 is 23.2 Å². The van der Waals surface area contributed by atoms with Crippen molar-refractivity contribution in [3.05, 3.63) is 58.1 Å². The lowest BCUT2D eigenvalue weighted by Gasteiger charge is -2.14. The predicted octanol–water partition coefficient (Wildman–Crippen LogP) is 1.96. The van der Waals surface area contributed by atoms with Gasteiger partial charge in [0.1, 0.15) is 6.07 Å². The summed E-state index contributed by atoms with van der Waals surface area (Å²) in [4.78, 5) is 24.8. The molecule has 0 aliphatic heterocycles. The lowest BCUT2D eigenvalue weighted by atomic mass is 10.2. The Bertz CT molecular complexity index is 847. The zero-order valence-electron chi connectivity index (χ0n) is 14.0. The number of carbonyl (C=O) groups excluding carboxylic acids is 2. The van der Waals surface area contributed by atoms with Crippen LogP contribution in [0.15, 0.2) is 42.5 Å². The lowest BCUT2D eigenvalue weighted by Crippen LogP contribution is -3.11. The van der Waals surface area contributed by atoms with E-state index in [0.29, 0.717) is 26.9 Å². The van der Waals surface area contributed by atoms with E-state index in [9.17, 15) is 9.59 Å². The average molecular weight is 392 g/mol. The summed E-state index contributed by atoms with van der Waals surface area (Å²) in [5.41, 5.74) is 1.48. The minimum absolute atomic E-state index is 0.103. The van der Waals surface area contributed by atoms with Crippen molar-refractivity contribution in [2.75, 3.05) is 30.8 Å². The van der Waals surface area contributed by atoms with E-state index in [2.05, 4.69) is 10.6 Å². The van der Waals surface area contributed by atoms with Crippen molar-refractivity contribution < 1.29 is 14.5 Å². The van der Waals surface area contributed by atoms with Crippen LogP contribution in [0.25, 0.3) is 0 Å². The minimum Gasteiger partial charge on any atom is -0.322 e. The normalized spacial score (nSPS) is 11.3. The van der Waals surface area contributed by atoms with Gasteiger partial charge in [-0.2, -0.15) is 5.26 Å². The van der Waals surface area contributed by atoms with Gasteiger partial charge in [-0.25, -0.2) is 0 Å². The standard InChI is InChI=1S/C18H16Cl2N4O2/c1-24(10-17(25)22-14-6-3-13(19)4-7-14)11-18(26)23-15-5-2-12(9-21)16(20)8-15/h2-8H,10-11H2,1H3,(H,22,25)(H,23,26)/p+1. The molecule has 0 fully saturated rings. The highest BCUT2D eigenvalue weighted by atomic mass is 35.5. The van der Waals surface area contributed by atoms with Gasteiger partial charge in [0.25, 0.3) is 11.8 Å². The van der Waals surface area contributed by atoms with Crippen molar-refractivity contribution in [2.45, 2.75) is 0 Å². The van der Waals surface area contributed by atoms with Gasteiger partial charge < -0.3 is 15.5 Å². The Kier molecular flexibility index (Phi) is 6.98. The first-order valence-corrected chi connectivity index (χ1v) is 8.49. The summed E-state index contributed by atoms with van der Waals surface area (Å²) < 4.78 is 0. The molecule has 2 aromatic carbocycles. The molecule has 26 heavy (non-hydrogen) atoms. The fraction of sp³-hybridized carbons (Fsp3) is 0.167. The Morgan fingerprint density at radius 2 is 1.54 bits per heavy atom. The second-order valence-corrected chi connectivity index (χ2v) is 6.56. The minimum atomic E-state index is -0.262. The van der Waals surface area contributed by atoms with Gasteiger partial charge in [0, 0.05) is 16.4 Å². The van der Waals surface area contributed by atoms with Crippen molar-refractivity contribution in [1.29, 1.82) is 5.26 Å². The summed E-state index contributed by atoms with van der Waals surface area (Å²) in [5, 5.41) is 15.1. The fourth-order valence-corrected chi connectivity index (χ4v) is 2.59. The Hall–Kier alpha value is -2.59. The molecular weight excluding hydrogens is 375 g/mol. The Morgan fingerprint density at radius 3 is 2.08 bits per heavy atom. The number of quaternary nitrogens is 1. The number of hydrogen-bond acceptors (Lipinski definition) is 3. The number of nitrogens with one attached hydrogen (secondary N) is 3. The third kappa shape index (κ3) is 6.05. The van der Waals surface area contributed by atoms with E-state index < -0.39 is 0 Å². The van der Waals surface area contributed by atoms with Crippen LogP contribution in [0.1, 0.15) is 5.56 Å². The third-order valence-corrected chi connectivity index (χ3v) is 3.99. The monoisotopic (exact) mass is 391 g/mol. The van der Waals surface area contributed by atoms with Gasteiger partial charge in [0.15, 0.2) is 13.1 Å². The largest absolute Gasteiger partial charge is 0.322 e. The zero-order valence-corrected chi connectivity index (χ0v) is 15.5. The smallest absolute Gasteiger partial charge is 0.279 e. The summed E-state index contributed by atoms with van der Waals surface area (Å²) >= 11 is 11.7. The third-order valence-electron chi connectivity index (χ3n) is 3.43. The Balaban J connectivity index is 1.82. The van der Waals surface area contributed by atoms with Crippen LogP contribution in [0.5, 0.6) is 0 Å². The van der Waals surface area contributed by atoms with E-state index in [1.54, 1.807) is 37.4 Å². The highest BCUT2D eigenvalue weighted by molar-refractivity contribution is 6.32. The highest BCUT2D eigenvalue weighted by Gasteiger charge is 2.15. The van der Waals surface area contributed by atoms with E-state index in [0.717, 1.165) is 0 Å². The number of benzene rings is 2. The first kappa shape index (κ1) is 19.7. The van der Waals surface area contributed by atoms with E-state index >= 15 is 0 Å². The predicted molar refractivity (Wildman–Crippen MR) is 101 cm³/mol. The van der Waals surface area contributed by atoms with Gasteiger partial charge in [-0.1, -0.05) is 23.2 Å². The summed E-state index contributed by atoms with van der Waals surface area (Å²) in [6.45, 7) is 0.232. The maximum atomic E-state index is 12.1. The fourth-order valence-electron chi connectivity index (χ4n) is 2.24. The summed E-state index contributed by atoms with van der Waals surface area (Å²) in [6, 6.07) is 13.4. The van der Waals surface area contributed by atoms with Crippen LogP contribution in [-0.4, -0.2) is 32.0 Å². The maximum Gasteiger partial charge on any atom is 0.279 e. The van der Waals surface area contributed by atoms with E-state index in [4.69, 9.17) is 28.5 Å². The zero-order chi connectivity index (χ0) is 19.1. The first-order chi connectivity index (χ1) is 12.4. The molecule has 6 nitrogen and oxygen atoms in total. The van der Waals surface area contributed by atoms with Crippen molar-refractivity contribution in [1.82, 2.24) is 0 Å². The summed E-state index contributed by atoms with van der Waals surface area (Å²) in [6.07, 6.45) is 0. The molecule has 2 rings (SSSR count). The van der Waals surface area contributed by atoms with Gasteiger partial charge in [-0.15, -0.1) is 0 Å². The van der Waals surface area contributed by atoms with Crippen molar-refractivity contribution in [3.8, 4) is 6.07 Å². The van der Waals surface area contributed by atoms with Crippen LogP contribution in [0, 0.1) is 11.3 Å². The van der Waals surface area contributed by atoms with Gasteiger partial charge in [0.05, 0.1) is 17.6 Å². The quantitative estimate of drug-likeness (QED) is 0.703. The van der Waals surface area contributed by atoms with Crippen LogP contribution in [0.4, 0.5) is 11.4 Å². The molecule has 0 heterocycles. The second-order valence-electron chi connectivity index (χ2n) is 5.72. The number of rotatable bonds is 6. The van der Waals surface area contributed by atoms with E-state index in [1.165, 1.54) is 12.1 Å². The van der Waals surface area contributed by atoms with Gasteiger partial charge in [-0.3, -0.25) is 9.59 Å². The number of nitrogens with zero attached hydrogens (tertiary/aromatic N) is 1. The first-order valence-electron chi connectivity index (χ1n) is 7.73. The SMILES string of the molecule is C[NH+](CC(=O)Nc1ccc(Cl)cc1)CC(=O)Nc1ccc(C#N)c(Cl)c1. The molecule has 0 radical (unpaired) electrons. The molecule has 3 N–H and O–H groups in total. The van der Waals surface area contributed by atoms with E-state index in [-0.39, 0.29) is 29.9 Å². The molecule has 0 aromatic heterocycles. The molecule has 0 aliphatic carbocycles. The molecule has 2 amide bonds. The van der Waals surface area contributed by atoms with E-state index in [1.807, 2.05) is 6.07 Å². The maximum absolute atomic E-state index is 12.1. The van der Waals surface area contributed by atoms with Crippen molar-refractivity contribution in [2.24, 2.45) is 0 Å². The van der Waals surface area contributed by atoms with Crippen LogP contribution in [0.2, 0.25) is 10.0 Å². The molecule has 0 aliphatic rings. The number of halogens is 2. The molecule has 0 saturated carbocycles. The molecule has 1 unspecified atom stereocenters. The molecule has 8 heteroatoms. The number of carbonyl (C=O) groups is 2.